The zero-order valence-corrected chi connectivity index (χ0v) is 19.3. The van der Waals surface area contributed by atoms with E-state index in [4.69, 9.17) is 4.74 Å². The Morgan fingerprint density at radius 2 is 1.71 bits per heavy atom. The van der Waals surface area contributed by atoms with Crippen molar-refractivity contribution in [2.45, 2.75) is 32.0 Å². The van der Waals surface area contributed by atoms with Crippen molar-refractivity contribution in [2.24, 2.45) is 0 Å². The van der Waals surface area contributed by atoms with E-state index >= 15 is 0 Å². The van der Waals surface area contributed by atoms with Crippen molar-refractivity contribution in [2.75, 3.05) is 6.61 Å². The van der Waals surface area contributed by atoms with Gasteiger partial charge in [-0.3, -0.25) is 9.78 Å². The molecule has 11 heteroatoms. The summed E-state index contributed by atoms with van der Waals surface area (Å²) in [5.41, 5.74) is -0.446. The van der Waals surface area contributed by atoms with E-state index in [9.17, 15) is 22.4 Å². The van der Waals surface area contributed by atoms with Crippen molar-refractivity contribution < 1.29 is 36.6 Å². The van der Waals surface area contributed by atoms with Crippen molar-refractivity contribution in [3.05, 3.63) is 82.3 Å². The Morgan fingerprint density at radius 3 is 2.29 bits per heavy atom. The van der Waals surface area contributed by atoms with Gasteiger partial charge in [-0.05, 0) is 70.2 Å². The Morgan fingerprint density at radius 1 is 1.00 bits per heavy atom. The summed E-state index contributed by atoms with van der Waals surface area (Å²) in [6.07, 6.45) is 4.55. The minimum Gasteiger partial charge on any atom is -0.465 e. The van der Waals surface area contributed by atoms with E-state index in [2.05, 4.69) is 35.4 Å². The summed E-state index contributed by atoms with van der Waals surface area (Å²) in [6, 6.07) is 10.1. The summed E-state index contributed by atoms with van der Waals surface area (Å²) in [5, 5.41) is 0. The molecule has 3 aromatic rings. The van der Waals surface area contributed by atoms with Crippen LogP contribution in [0.5, 0.6) is 11.5 Å². The maximum atomic E-state index is 13.5. The van der Waals surface area contributed by atoms with E-state index in [1.165, 1.54) is 12.3 Å². The lowest BCUT2D eigenvalue weighted by molar-refractivity contribution is -0.148. The first-order valence-corrected chi connectivity index (χ1v) is 10.8. The Hall–Kier alpha value is -3.21. The van der Waals surface area contributed by atoms with Crippen LogP contribution in [0.3, 0.4) is 0 Å². The predicted octanol–water partition coefficient (Wildman–Crippen LogP) is 5.53. The van der Waals surface area contributed by atoms with Crippen LogP contribution in [0.2, 0.25) is 0 Å². The molecular weight excluding hydrogens is 524 g/mol. The van der Waals surface area contributed by atoms with Crippen LogP contribution < -0.4 is 9.47 Å². The van der Waals surface area contributed by atoms with Crippen LogP contribution in [0.4, 0.5) is 17.6 Å². The van der Waals surface area contributed by atoms with Gasteiger partial charge in [0.2, 0.25) is 0 Å². The monoisotopic (exact) mass is 542 g/mol. The average molecular weight is 543 g/mol. The molecule has 1 aromatic carbocycles. The molecular formula is C23H19BrF4N2O4. The Balaban J connectivity index is 2.28. The molecule has 1 unspecified atom stereocenters. The highest BCUT2D eigenvalue weighted by atomic mass is 79.9. The summed E-state index contributed by atoms with van der Waals surface area (Å²) < 4.78 is 66.5. The van der Waals surface area contributed by atoms with Gasteiger partial charge in [-0.25, -0.2) is 4.98 Å². The van der Waals surface area contributed by atoms with Gasteiger partial charge in [0.05, 0.1) is 6.61 Å². The van der Waals surface area contributed by atoms with Crippen LogP contribution in [0.25, 0.3) is 0 Å². The summed E-state index contributed by atoms with van der Waals surface area (Å²) in [5.74, 6) is -1.96. The van der Waals surface area contributed by atoms with Gasteiger partial charge in [0, 0.05) is 18.6 Å². The van der Waals surface area contributed by atoms with Gasteiger partial charge >= 0.3 is 19.2 Å². The van der Waals surface area contributed by atoms with Crippen molar-refractivity contribution >= 4 is 21.9 Å². The number of benzene rings is 1. The molecule has 0 spiro atoms. The van der Waals surface area contributed by atoms with Gasteiger partial charge in [0.15, 0.2) is 11.5 Å². The topological polar surface area (TPSA) is 70.5 Å². The van der Waals surface area contributed by atoms with Crippen LogP contribution in [-0.4, -0.2) is 35.8 Å². The molecule has 0 fully saturated rings. The number of hydrogen-bond donors (Lipinski definition) is 0. The molecule has 3 rings (SSSR count). The van der Waals surface area contributed by atoms with Gasteiger partial charge in [-0.15, -0.1) is 0 Å². The second kappa shape index (κ2) is 11.3. The van der Waals surface area contributed by atoms with E-state index in [0.29, 0.717) is 15.7 Å². The molecule has 2 aromatic heterocycles. The molecule has 0 aliphatic heterocycles. The molecule has 0 saturated carbocycles. The molecule has 0 N–H and O–H groups in total. The van der Waals surface area contributed by atoms with Gasteiger partial charge < -0.3 is 14.2 Å². The maximum absolute atomic E-state index is 13.5. The highest BCUT2D eigenvalue weighted by Gasteiger charge is 2.45. The van der Waals surface area contributed by atoms with E-state index in [1.54, 1.807) is 43.6 Å². The molecule has 34 heavy (non-hydrogen) atoms. The SMILES string of the molecule is CCOC(=O)C(Cc1cccnc1)(c1ccc(Br)nc1)c1ccc(OC(F)F)c(OC(F)F)c1. The minimum atomic E-state index is -3.32. The molecule has 0 bridgehead atoms. The van der Waals surface area contributed by atoms with Crippen LogP contribution >= 0.6 is 15.9 Å². The summed E-state index contributed by atoms with van der Waals surface area (Å²) >= 11 is 3.25. The number of pyridine rings is 2. The van der Waals surface area contributed by atoms with Crippen molar-refractivity contribution in [1.29, 1.82) is 0 Å². The quantitative estimate of drug-likeness (QED) is 0.190. The van der Waals surface area contributed by atoms with Crippen LogP contribution in [-0.2, 0) is 21.4 Å². The lowest BCUT2D eigenvalue weighted by atomic mass is 9.71. The number of rotatable bonds is 10. The lowest BCUT2D eigenvalue weighted by Gasteiger charge is -2.33. The number of hydrogen-bond acceptors (Lipinski definition) is 6. The van der Waals surface area contributed by atoms with E-state index < -0.39 is 36.1 Å². The first kappa shape index (κ1) is 25.4. The normalized spacial score (nSPS) is 12.9. The Bertz CT molecular complexity index is 1100. The number of nitrogens with zero attached hydrogens (tertiary/aromatic N) is 2. The molecule has 0 radical (unpaired) electrons. The molecule has 0 saturated heterocycles. The lowest BCUT2D eigenvalue weighted by Crippen LogP contribution is -2.41. The third-order valence-corrected chi connectivity index (χ3v) is 5.37. The number of halogens is 5. The van der Waals surface area contributed by atoms with E-state index in [-0.39, 0.29) is 18.6 Å². The van der Waals surface area contributed by atoms with Crippen molar-refractivity contribution in [3.8, 4) is 11.5 Å². The maximum Gasteiger partial charge on any atom is 0.387 e. The van der Waals surface area contributed by atoms with Crippen molar-refractivity contribution in [3.63, 3.8) is 0 Å². The van der Waals surface area contributed by atoms with Gasteiger partial charge in [0.1, 0.15) is 10.0 Å². The first-order chi connectivity index (χ1) is 16.3. The fourth-order valence-corrected chi connectivity index (χ4v) is 3.76. The number of carbonyl (C=O) groups is 1. The second-order valence-corrected chi connectivity index (χ2v) is 7.76. The summed E-state index contributed by atoms with van der Waals surface area (Å²) in [7, 11) is 0. The van der Waals surface area contributed by atoms with Gasteiger partial charge in [0.25, 0.3) is 0 Å². The smallest absolute Gasteiger partial charge is 0.387 e. The predicted molar refractivity (Wildman–Crippen MR) is 117 cm³/mol. The number of esters is 1. The fourth-order valence-electron chi connectivity index (χ4n) is 3.53. The molecule has 0 amide bonds. The number of aromatic nitrogens is 2. The zero-order valence-electron chi connectivity index (χ0n) is 17.8. The molecule has 0 aliphatic carbocycles. The fraction of sp³-hybridized carbons (Fsp3) is 0.261. The van der Waals surface area contributed by atoms with Crippen LogP contribution in [0, 0.1) is 0 Å². The van der Waals surface area contributed by atoms with E-state index in [0.717, 1.165) is 12.1 Å². The molecule has 0 aliphatic rings. The molecule has 180 valence electrons. The largest absolute Gasteiger partial charge is 0.465 e. The number of alkyl halides is 4. The number of ether oxygens (including phenoxy) is 3. The Labute approximate surface area is 201 Å². The minimum absolute atomic E-state index is 0.00611. The van der Waals surface area contributed by atoms with Gasteiger partial charge in [-0.1, -0.05) is 18.2 Å². The van der Waals surface area contributed by atoms with Gasteiger partial charge in [-0.2, -0.15) is 17.6 Å². The third-order valence-electron chi connectivity index (χ3n) is 4.90. The molecule has 6 nitrogen and oxygen atoms in total. The second-order valence-electron chi connectivity index (χ2n) is 6.95. The average Bonchev–Trinajstić information content (AvgIpc) is 2.79. The summed E-state index contributed by atoms with van der Waals surface area (Å²) in [4.78, 5) is 21.8. The molecule has 2 heterocycles. The third kappa shape index (κ3) is 5.82. The van der Waals surface area contributed by atoms with Crippen LogP contribution in [0.15, 0.2) is 65.7 Å². The summed E-state index contributed by atoms with van der Waals surface area (Å²) in [6.45, 7) is -4.94. The van der Waals surface area contributed by atoms with E-state index in [1.807, 2.05) is 0 Å². The highest BCUT2D eigenvalue weighted by Crippen LogP contribution is 2.42. The number of carbonyl (C=O) groups excluding carboxylic acids is 1. The zero-order chi connectivity index (χ0) is 24.7. The Kier molecular flexibility index (Phi) is 8.43. The first-order valence-electron chi connectivity index (χ1n) is 9.98. The molecule has 1 atom stereocenters. The van der Waals surface area contributed by atoms with Crippen LogP contribution in [0.1, 0.15) is 23.6 Å². The highest BCUT2D eigenvalue weighted by molar-refractivity contribution is 9.10. The van der Waals surface area contributed by atoms with Crippen molar-refractivity contribution in [1.82, 2.24) is 9.97 Å². The standard InChI is InChI=1S/C23H19BrF4N2O4/c1-2-32-20(31)23(11-14-4-3-9-29-12-14,16-6-8-19(24)30-13-16)15-5-7-17(33-21(25)26)18(10-15)34-22(27)28/h3-10,12-13,21-22H,2,11H2,1H3.